The van der Waals surface area contributed by atoms with Crippen molar-refractivity contribution < 1.29 is 9.53 Å². The molecule has 0 saturated carbocycles. The number of aromatic nitrogens is 2. The van der Waals surface area contributed by atoms with E-state index in [0.29, 0.717) is 34.8 Å². The maximum absolute atomic E-state index is 12.4. The van der Waals surface area contributed by atoms with Crippen LogP contribution in [0.1, 0.15) is 10.5 Å². The first-order valence-corrected chi connectivity index (χ1v) is 7.81. The van der Waals surface area contributed by atoms with Gasteiger partial charge in [-0.1, -0.05) is 29.3 Å². The van der Waals surface area contributed by atoms with Crippen LogP contribution < -0.4 is 10.2 Å². The Hall–Kier alpha value is -1.89. The van der Waals surface area contributed by atoms with Gasteiger partial charge in [0.1, 0.15) is 17.8 Å². The molecule has 0 aliphatic carbocycles. The monoisotopic (exact) mass is 352 g/mol. The minimum Gasteiger partial charge on any atom is -0.378 e. The van der Waals surface area contributed by atoms with Crippen LogP contribution in [0.5, 0.6) is 0 Å². The summed E-state index contributed by atoms with van der Waals surface area (Å²) >= 11 is 12.0. The van der Waals surface area contributed by atoms with Crippen molar-refractivity contribution in [2.75, 3.05) is 36.5 Å². The number of nitrogens with one attached hydrogen (secondary N) is 1. The number of anilines is 2. The predicted molar refractivity (Wildman–Crippen MR) is 89.5 cm³/mol. The lowest BCUT2D eigenvalue weighted by Gasteiger charge is -2.27. The maximum Gasteiger partial charge on any atom is 0.274 e. The second-order valence-corrected chi connectivity index (χ2v) is 5.70. The molecule has 0 atom stereocenters. The second kappa shape index (κ2) is 7.12. The number of morpholine rings is 1. The van der Waals surface area contributed by atoms with E-state index in [1.54, 1.807) is 24.3 Å². The van der Waals surface area contributed by atoms with E-state index in [0.717, 1.165) is 13.1 Å². The van der Waals surface area contributed by atoms with E-state index in [4.69, 9.17) is 27.9 Å². The Morgan fingerprint density at radius 3 is 2.78 bits per heavy atom. The molecule has 1 aliphatic heterocycles. The molecule has 120 valence electrons. The van der Waals surface area contributed by atoms with Gasteiger partial charge in [0.15, 0.2) is 0 Å². The Labute approximate surface area is 143 Å². The number of rotatable bonds is 3. The first-order chi connectivity index (χ1) is 11.1. The average molecular weight is 353 g/mol. The van der Waals surface area contributed by atoms with Gasteiger partial charge in [0, 0.05) is 19.2 Å². The van der Waals surface area contributed by atoms with Crippen molar-refractivity contribution >= 4 is 40.6 Å². The van der Waals surface area contributed by atoms with Gasteiger partial charge in [-0.15, -0.1) is 0 Å². The molecule has 1 aromatic carbocycles. The predicted octanol–water partition coefficient (Wildman–Crippen LogP) is 2.87. The molecule has 1 fully saturated rings. The SMILES string of the molecule is O=C(Nc1cccc(Cl)c1Cl)c1cc(N2CCOCC2)ncn1. The van der Waals surface area contributed by atoms with Gasteiger partial charge in [0.05, 0.1) is 28.9 Å². The molecule has 1 saturated heterocycles. The number of ether oxygens (including phenoxy) is 1. The molecule has 6 nitrogen and oxygen atoms in total. The number of benzene rings is 1. The van der Waals surface area contributed by atoms with E-state index in [1.807, 2.05) is 4.90 Å². The smallest absolute Gasteiger partial charge is 0.274 e. The van der Waals surface area contributed by atoms with Crippen molar-refractivity contribution in [2.45, 2.75) is 0 Å². The average Bonchev–Trinajstić information content (AvgIpc) is 2.60. The zero-order chi connectivity index (χ0) is 16.2. The van der Waals surface area contributed by atoms with Crippen molar-refractivity contribution in [3.63, 3.8) is 0 Å². The van der Waals surface area contributed by atoms with Crippen molar-refractivity contribution in [1.29, 1.82) is 0 Å². The zero-order valence-corrected chi connectivity index (χ0v) is 13.6. The number of carbonyl (C=O) groups excluding carboxylic acids is 1. The lowest BCUT2D eigenvalue weighted by atomic mass is 10.3. The van der Waals surface area contributed by atoms with Crippen LogP contribution in [0, 0.1) is 0 Å². The number of nitrogens with zero attached hydrogens (tertiary/aromatic N) is 3. The molecule has 3 rings (SSSR count). The van der Waals surface area contributed by atoms with Crippen LogP contribution in [0.15, 0.2) is 30.6 Å². The largest absolute Gasteiger partial charge is 0.378 e. The van der Waals surface area contributed by atoms with E-state index < -0.39 is 0 Å². The summed E-state index contributed by atoms with van der Waals surface area (Å²) in [6.07, 6.45) is 1.37. The first-order valence-electron chi connectivity index (χ1n) is 7.05. The first kappa shape index (κ1) is 16.0. The fraction of sp³-hybridized carbons (Fsp3) is 0.267. The minimum absolute atomic E-state index is 0.262. The molecule has 0 unspecified atom stereocenters. The number of amides is 1. The fourth-order valence-electron chi connectivity index (χ4n) is 2.22. The molecule has 1 aliphatic rings. The van der Waals surface area contributed by atoms with Crippen LogP contribution in [0.3, 0.4) is 0 Å². The summed E-state index contributed by atoms with van der Waals surface area (Å²) in [5, 5.41) is 3.38. The lowest BCUT2D eigenvalue weighted by Crippen LogP contribution is -2.37. The van der Waals surface area contributed by atoms with Crippen molar-refractivity contribution in [3.8, 4) is 0 Å². The highest BCUT2D eigenvalue weighted by Gasteiger charge is 2.16. The van der Waals surface area contributed by atoms with Gasteiger partial charge in [-0.25, -0.2) is 9.97 Å². The molecular weight excluding hydrogens is 339 g/mol. The highest BCUT2D eigenvalue weighted by atomic mass is 35.5. The Morgan fingerprint density at radius 2 is 2.00 bits per heavy atom. The minimum atomic E-state index is -0.369. The van der Waals surface area contributed by atoms with Crippen molar-refractivity contribution in [2.24, 2.45) is 0 Å². The molecule has 1 N–H and O–H groups in total. The number of hydrogen-bond acceptors (Lipinski definition) is 5. The van der Waals surface area contributed by atoms with Gasteiger partial charge < -0.3 is 15.0 Å². The number of carbonyl (C=O) groups is 1. The molecular formula is C15H14Cl2N4O2. The van der Waals surface area contributed by atoms with E-state index in [9.17, 15) is 4.79 Å². The number of halogens is 2. The van der Waals surface area contributed by atoms with Gasteiger partial charge in [0.2, 0.25) is 0 Å². The van der Waals surface area contributed by atoms with E-state index in [1.165, 1.54) is 6.33 Å². The molecule has 0 bridgehead atoms. The van der Waals surface area contributed by atoms with Gasteiger partial charge >= 0.3 is 0 Å². The van der Waals surface area contributed by atoms with Crippen molar-refractivity contribution in [3.05, 3.63) is 46.3 Å². The van der Waals surface area contributed by atoms with Crippen LogP contribution in [-0.2, 0) is 4.74 Å². The van der Waals surface area contributed by atoms with Gasteiger partial charge in [0.25, 0.3) is 5.91 Å². The van der Waals surface area contributed by atoms with Crippen LogP contribution >= 0.6 is 23.2 Å². The van der Waals surface area contributed by atoms with E-state index in [2.05, 4.69) is 15.3 Å². The Kier molecular flexibility index (Phi) is 4.95. The third-order valence-corrected chi connectivity index (χ3v) is 4.24. The summed E-state index contributed by atoms with van der Waals surface area (Å²) in [6, 6.07) is 6.69. The summed E-state index contributed by atoms with van der Waals surface area (Å²) in [4.78, 5) is 22.7. The van der Waals surface area contributed by atoms with Crippen molar-refractivity contribution in [1.82, 2.24) is 9.97 Å². The van der Waals surface area contributed by atoms with Crippen LogP contribution in [0.25, 0.3) is 0 Å². The second-order valence-electron chi connectivity index (χ2n) is 4.92. The Bertz CT molecular complexity index is 720. The Morgan fingerprint density at radius 1 is 1.22 bits per heavy atom. The van der Waals surface area contributed by atoms with Gasteiger partial charge in [-0.3, -0.25) is 4.79 Å². The summed E-state index contributed by atoms with van der Waals surface area (Å²) in [5.74, 6) is 0.330. The van der Waals surface area contributed by atoms with Gasteiger partial charge in [-0.05, 0) is 12.1 Å². The molecule has 8 heteroatoms. The zero-order valence-electron chi connectivity index (χ0n) is 12.1. The molecule has 0 radical (unpaired) electrons. The van der Waals surface area contributed by atoms with Crippen LogP contribution in [0.2, 0.25) is 10.0 Å². The maximum atomic E-state index is 12.4. The van der Waals surface area contributed by atoms with Gasteiger partial charge in [-0.2, -0.15) is 0 Å². The quantitative estimate of drug-likeness (QED) is 0.919. The molecule has 23 heavy (non-hydrogen) atoms. The highest BCUT2D eigenvalue weighted by Crippen LogP contribution is 2.29. The summed E-state index contributed by atoms with van der Waals surface area (Å²) in [6.45, 7) is 2.75. The fourth-order valence-corrected chi connectivity index (χ4v) is 2.57. The van der Waals surface area contributed by atoms with Crippen LogP contribution in [-0.4, -0.2) is 42.2 Å². The standard InChI is InChI=1S/C15H14Cl2N4O2/c16-10-2-1-3-11(14(10)17)20-15(22)12-8-13(19-9-18-12)21-4-6-23-7-5-21/h1-3,8-9H,4-7H2,(H,20,22). The topological polar surface area (TPSA) is 67.4 Å². The van der Waals surface area contributed by atoms with Crippen LogP contribution in [0.4, 0.5) is 11.5 Å². The highest BCUT2D eigenvalue weighted by molar-refractivity contribution is 6.44. The Balaban J connectivity index is 1.78. The normalized spacial score (nSPS) is 14.6. The third kappa shape index (κ3) is 3.72. The molecule has 2 aromatic rings. The lowest BCUT2D eigenvalue weighted by molar-refractivity contribution is 0.102. The summed E-state index contributed by atoms with van der Waals surface area (Å²) in [5.41, 5.74) is 0.702. The molecule has 1 aromatic heterocycles. The van der Waals surface area contributed by atoms with E-state index in [-0.39, 0.29) is 11.6 Å². The molecule has 2 heterocycles. The number of hydrogen-bond donors (Lipinski definition) is 1. The summed E-state index contributed by atoms with van der Waals surface area (Å²) < 4.78 is 5.31. The third-order valence-electron chi connectivity index (χ3n) is 3.42. The summed E-state index contributed by atoms with van der Waals surface area (Å²) in [7, 11) is 0. The molecule has 1 amide bonds. The molecule has 0 spiro atoms. The van der Waals surface area contributed by atoms with E-state index >= 15 is 0 Å².